The lowest BCUT2D eigenvalue weighted by atomic mass is 9.81. The number of benzene rings is 2. The second-order valence-electron chi connectivity index (χ2n) is 7.01. The van der Waals surface area contributed by atoms with Crippen LogP contribution in [0, 0.1) is 17.1 Å². The third kappa shape index (κ3) is 3.23. The topological polar surface area (TPSA) is 27.0 Å². The Balaban J connectivity index is 1.65. The Morgan fingerprint density at radius 2 is 1.96 bits per heavy atom. The second-order valence-corrected chi connectivity index (χ2v) is 7.01. The molecule has 0 aliphatic carbocycles. The van der Waals surface area contributed by atoms with Crippen LogP contribution in [-0.2, 0) is 6.54 Å². The minimum Gasteiger partial charge on any atom is -0.289 e. The SMILES string of the molecule is N#Cc1cc(F)ccc1C1=CC2CCCC(C1)N2Cc1ccccc1. The molecule has 25 heavy (non-hydrogen) atoms. The maximum Gasteiger partial charge on any atom is 0.124 e. The summed E-state index contributed by atoms with van der Waals surface area (Å²) in [6.07, 6.45) is 6.83. The summed E-state index contributed by atoms with van der Waals surface area (Å²) in [5.74, 6) is -0.345. The van der Waals surface area contributed by atoms with Gasteiger partial charge in [-0.2, -0.15) is 5.26 Å². The van der Waals surface area contributed by atoms with Gasteiger partial charge in [-0.3, -0.25) is 4.90 Å². The molecule has 1 fully saturated rings. The van der Waals surface area contributed by atoms with Gasteiger partial charge in [0, 0.05) is 18.6 Å². The fourth-order valence-corrected chi connectivity index (χ4v) is 4.25. The Bertz CT molecular complexity index is 835. The third-order valence-electron chi connectivity index (χ3n) is 5.44. The van der Waals surface area contributed by atoms with E-state index in [1.165, 1.54) is 36.1 Å². The third-order valence-corrected chi connectivity index (χ3v) is 5.44. The molecular weight excluding hydrogens is 311 g/mol. The van der Waals surface area contributed by atoms with Gasteiger partial charge in [0.25, 0.3) is 0 Å². The van der Waals surface area contributed by atoms with Crippen molar-refractivity contribution in [3.63, 3.8) is 0 Å². The van der Waals surface area contributed by atoms with Crippen molar-refractivity contribution in [1.82, 2.24) is 4.90 Å². The van der Waals surface area contributed by atoms with E-state index >= 15 is 0 Å². The number of nitriles is 1. The largest absolute Gasteiger partial charge is 0.289 e. The maximum atomic E-state index is 13.5. The molecule has 2 heterocycles. The van der Waals surface area contributed by atoms with E-state index in [0.717, 1.165) is 24.9 Å². The molecule has 2 atom stereocenters. The van der Waals surface area contributed by atoms with E-state index in [0.29, 0.717) is 17.6 Å². The summed E-state index contributed by atoms with van der Waals surface area (Å²) in [5.41, 5.74) is 3.90. The average Bonchev–Trinajstić information content (AvgIpc) is 2.62. The van der Waals surface area contributed by atoms with Crippen LogP contribution in [-0.4, -0.2) is 17.0 Å². The Morgan fingerprint density at radius 3 is 2.72 bits per heavy atom. The molecule has 2 aliphatic rings. The number of nitrogens with zero attached hydrogens (tertiary/aromatic N) is 2. The van der Waals surface area contributed by atoms with Gasteiger partial charge in [0.2, 0.25) is 0 Å². The van der Waals surface area contributed by atoms with Crippen molar-refractivity contribution in [2.75, 3.05) is 0 Å². The fourth-order valence-electron chi connectivity index (χ4n) is 4.25. The van der Waals surface area contributed by atoms with Crippen LogP contribution < -0.4 is 0 Å². The first-order valence-corrected chi connectivity index (χ1v) is 8.95. The highest BCUT2D eigenvalue weighted by atomic mass is 19.1. The number of hydrogen-bond acceptors (Lipinski definition) is 2. The molecular formula is C22H21FN2. The lowest BCUT2D eigenvalue weighted by Crippen LogP contribution is -2.47. The van der Waals surface area contributed by atoms with Crippen LogP contribution in [0.3, 0.4) is 0 Å². The van der Waals surface area contributed by atoms with E-state index < -0.39 is 0 Å². The molecule has 0 amide bonds. The molecule has 2 nitrogen and oxygen atoms in total. The molecule has 3 heteroatoms. The van der Waals surface area contributed by atoms with Gasteiger partial charge in [0.15, 0.2) is 0 Å². The Kier molecular flexibility index (Phi) is 4.38. The van der Waals surface area contributed by atoms with E-state index in [2.05, 4.69) is 47.4 Å². The Labute approximate surface area is 148 Å². The molecule has 0 spiro atoms. The minimum atomic E-state index is -0.345. The zero-order valence-electron chi connectivity index (χ0n) is 14.2. The van der Waals surface area contributed by atoms with Crippen molar-refractivity contribution >= 4 is 5.57 Å². The maximum absolute atomic E-state index is 13.5. The van der Waals surface area contributed by atoms with Gasteiger partial charge in [-0.15, -0.1) is 0 Å². The first-order chi connectivity index (χ1) is 12.2. The van der Waals surface area contributed by atoms with Gasteiger partial charge >= 0.3 is 0 Å². The van der Waals surface area contributed by atoms with Crippen molar-refractivity contribution in [2.24, 2.45) is 0 Å². The van der Waals surface area contributed by atoms with Crippen LogP contribution in [0.25, 0.3) is 5.57 Å². The van der Waals surface area contributed by atoms with E-state index in [4.69, 9.17) is 0 Å². The first kappa shape index (κ1) is 16.1. The summed E-state index contributed by atoms with van der Waals surface area (Å²) >= 11 is 0. The van der Waals surface area contributed by atoms with Crippen LogP contribution in [0.15, 0.2) is 54.6 Å². The molecule has 2 unspecified atom stereocenters. The minimum absolute atomic E-state index is 0.345. The van der Waals surface area contributed by atoms with Crippen LogP contribution in [0.1, 0.15) is 42.4 Å². The number of piperidine rings is 1. The molecule has 0 N–H and O–H groups in total. The second kappa shape index (κ2) is 6.82. The van der Waals surface area contributed by atoms with Crippen molar-refractivity contribution in [1.29, 1.82) is 5.26 Å². The molecule has 0 saturated carbocycles. The van der Waals surface area contributed by atoms with Gasteiger partial charge in [0.05, 0.1) is 11.6 Å². The highest BCUT2D eigenvalue weighted by Crippen LogP contribution is 2.38. The molecule has 4 rings (SSSR count). The van der Waals surface area contributed by atoms with Crippen LogP contribution in [0.2, 0.25) is 0 Å². The van der Waals surface area contributed by atoms with E-state index in [-0.39, 0.29) is 5.82 Å². The highest BCUT2D eigenvalue weighted by molar-refractivity contribution is 5.72. The summed E-state index contributed by atoms with van der Waals surface area (Å²) in [4.78, 5) is 2.60. The normalized spacial score (nSPS) is 23.0. The van der Waals surface area contributed by atoms with Crippen LogP contribution in [0.5, 0.6) is 0 Å². The predicted molar refractivity (Wildman–Crippen MR) is 97.1 cm³/mol. The van der Waals surface area contributed by atoms with Gasteiger partial charge in [-0.25, -0.2) is 4.39 Å². The van der Waals surface area contributed by atoms with Gasteiger partial charge < -0.3 is 0 Å². The molecule has 2 aliphatic heterocycles. The predicted octanol–water partition coefficient (Wildman–Crippen LogP) is 4.91. The van der Waals surface area contributed by atoms with E-state index in [1.807, 2.05) is 0 Å². The fraction of sp³-hybridized carbons (Fsp3) is 0.318. The van der Waals surface area contributed by atoms with Crippen molar-refractivity contribution in [3.05, 3.63) is 77.1 Å². The average molecular weight is 332 g/mol. The summed E-state index contributed by atoms with van der Waals surface area (Å²) in [7, 11) is 0. The van der Waals surface area contributed by atoms with Crippen LogP contribution in [0.4, 0.5) is 4.39 Å². The molecule has 0 radical (unpaired) electrons. The molecule has 2 bridgehead atoms. The molecule has 126 valence electrons. The van der Waals surface area contributed by atoms with E-state index in [9.17, 15) is 9.65 Å². The lowest BCUT2D eigenvalue weighted by molar-refractivity contribution is 0.0951. The van der Waals surface area contributed by atoms with Gasteiger partial charge in [-0.1, -0.05) is 48.9 Å². The molecule has 2 aromatic rings. The smallest absolute Gasteiger partial charge is 0.124 e. The summed E-state index contributed by atoms with van der Waals surface area (Å²) in [6, 6.07) is 18.2. The zero-order valence-corrected chi connectivity index (χ0v) is 14.2. The van der Waals surface area contributed by atoms with Crippen molar-refractivity contribution in [3.8, 4) is 6.07 Å². The van der Waals surface area contributed by atoms with Crippen LogP contribution >= 0.6 is 0 Å². The lowest BCUT2D eigenvalue weighted by Gasteiger charge is -2.45. The number of halogens is 1. The monoisotopic (exact) mass is 332 g/mol. The number of rotatable bonds is 3. The standard InChI is InChI=1S/C22H21FN2/c23-19-9-10-22(18(11-19)14-24)17-12-20-7-4-8-21(13-17)25(20)15-16-5-2-1-3-6-16/h1-3,5-6,9-12,20-21H,4,7-8,13,15H2. The molecule has 2 aromatic carbocycles. The van der Waals surface area contributed by atoms with Gasteiger partial charge in [0.1, 0.15) is 5.82 Å². The Morgan fingerprint density at radius 1 is 1.12 bits per heavy atom. The molecule has 1 saturated heterocycles. The number of fused-ring (bicyclic) bond motifs is 2. The Hall–Kier alpha value is -2.44. The molecule has 0 aromatic heterocycles. The quantitative estimate of drug-likeness (QED) is 0.799. The van der Waals surface area contributed by atoms with Gasteiger partial charge in [-0.05, 0) is 48.1 Å². The highest BCUT2D eigenvalue weighted by Gasteiger charge is 2.34. The van der Waals surface area contributed by atoms with E-state index in [1.54, 1.807) is 6.07 Å². The van der Waals surface area contributed by atoms with Crippen molar-refractivity contribution < 1.29 is 4.39 Å². The zero-order chi connectivity index (χ0) is 17.2. The number of hydrogen-bond donors (Lipinski definition) is 0. The summed E-state index contributed by atoms with van der Waals surface area (Å²) < 4.78 is 13.5. The summed E-state index contributed by atoms with van der Waals surface area (Å²) in [5, 5.41) is 9.37. The summed E-state index contributed by atoms with van der Waals surface area (Å²) in [6.45, 7) is 0.967. The first-order valence-electron chi connectivity index (χ1n) is 8.95. The van der Waals surface area contributed by atoms with Crippen molar-refractivity contribution in [2.45, 2.75) is 44.3 Å².